The number of nitrogens with zero attached hydrogens (tertiary/aromatic N) is 1. The summed E-state index contributed by atoms with van der Waals surface area (Å²) in [4.78, 5) is 15.3. The fourth-order valence-electron chi connectivity index (χ4n) is 2.31. The van der Waals surface area contributed by atoms with Crippen molar-refractivity contribution in [3.63, 3.8) is 0 Å². The van der Waals surface area contributed by atoms with Crippen LogP contribution >= 0.6 is 27.3 Å². The second kappa shape index (κ2) is 5.72. The van der Waals surface area contributed by atoms with Crippen molar-refractivity contribution in [3.8, 4) is 0 Å². The summed E-state index contributed by atoms with van der Waals surface area (Å²) >= 11 is 5.13. The largest absolute Gasteiger partial charge is 0.395 e. The van der Waals surface area contributed by atoms with Gasteiger partial charge in [0.1, 0.15) is 0 Å². The van der Waals surface area contributed by atoms with Crippen molar-refractivity contribution in [2.45, 2.75) is 25.7 Å². The maximum Gasteiger partial charge on any atom is 0.230 e. The molecule has 18 heavy (non-hydrogen) atoms. The highest BCUT2D eigenvalue weighted by Crippen LogP contribution is 2.41. The number of carbonyl (C=O) groups excluding carboxylic acids is 1. The molecule has 0 saturated heterocycles. The average Bonchev–Trinajstić information content (AvgIpc) is 2.71. The number of amides is 1. The molecule has 2 rings (SSSR count). The van der Waals surface area contributed by atoms with Gasteiger partial charge in [-0.05, 0) is 41.3 Å². The molecule has 0 atom stereocenters. The van der Waals surface area contributed by atoms with Gasteiger partial charge in [-0.1, -0.05) is 6.42 Å². The fourth-order valence-corrected chi connectivity index (χ4v) is 3.76. The van der Waals surface area contributed by atoms with Crippen LogP contribution in [-0.4, -0.2) is 36.1 Å². The van der Waals surface area contributed by atoms with Crippen LogP contribution < -0.4 is 0 Å². The third kappa shape index (κ3) is 2.78. The molecule has 0 spiro atoms. The molecule has 0 bridgehead atoms. The first-order chi connectivity index (χ1) is 8.57. The van der Waals surface area contributed by atoms with E-state index in [9.17, 15) is 9.90 Å². The minimum Gasteiger partial charge on any atom is -0.395 e. The molecular formula is C13H18BrNO2S. The second-order valence-electron chi connectivity index (χ2n) is 5.00. The first-order valence-corrected chi connectivity index (χ1v) is 7.84. The Kier molecular flexibility index (Phi) is 4.45. The molecule has 1 saturated carbocycles. The lowest BCUT2D eigenvalue weighted by Crippen LogP contribution is -2.49. The Bertz CT molecular complexity index is 423. The van der Waals surface area contributed by atoms with Crippen molar-refractivity contribution in [2.24, 2.45) is 5.41 Å². The van der Waals surface area contributed by atoms with E-state index in [0.29, 0.717) is 6.54 Å². The number of carbonyl (C=O) groups is 1. The molecule has 1 aliphatic carbocycles. The van der Waals surface area contributed by atoms with Crippen molar-refractivity contribution >= 4 is 33.2 Å². The molecular weight excluding hydrogens is 314 g/mol. The number of likely N-dealkylation sites (N-methyl/N-ethyl adjacent to an activating group) is 1. The van der Waals surface area contributed by atoms with Crippen molar-refractivity contribution in [1.82, 2.24) is 4.90 Å². The third-order valence-electron chi connectivity index (χ3n) is 3.73. The van der Waals surface area contributed by atoms with Gasteiger partial charge in [0.2, 0.25) is 5.91 Å². The number of hydrogen-bond donors (Lipinski definition) is 1. The van der Waals surface area contributed by atoms with Crippen LogP contribution in [0.4, 0.5) is 0 Å². The van der Waals surface area contributed by atoms with E-state index in [2.05, 4.69) is 27.4 Å². The Hall–Kier alpha value is -0.390. The number of aliphatic hydroxyl groups excluding tert-OH is 1. The van der Waals surface area contributed by atoms with Crippen LogP contribution in [0.1, 0.15) is 24.1 Å². The molecule has 0 radical (unpaired) electrons. The molecule has 100 valence electrons. The quantitative estimate of drug-likeness (QED) is 0.901. The van der Waals surface area contributed by atoms with E-state index in [1.165, 1.54) is 4.88 Å². The molecule has 1 fully saturated rings. The Morgan fingerprint density at radius 1 is 1.61 bits per heavy atom. The number of rotatable bonds is 5. The molecule has 0 aliphatic heterocycles. The lowest BCUT2D eigenvalue weighted by atomic mass is 9.68. The SMILES string of the molecule is CN(CCc1cc(Br)cs1)C(=O)C1(CO)CCC1. The van der Waals surface area contributed by atoms with Crippen molar-refractivity contribution in [1.29, 1.82) is 0 Å². The van der Waals surface area contributed by atoms with Gasteiger partial charge in [-0.2, -0.15) is 0 Å². The van der Waals surface area contributed by atoms with Crippen LogP contribution in [-0.2, 0) is 11.2 Å². The Morgan fingerprint density at radius 3 is 2.78 bits per heavy atom. The zero-order valence-electron chi connectivity index (χ0n) is 10.5. The van der Waals surface area contributed by atoms with E-state index in [-0.39, 0.29) is 12.5 Å². The summed E-state index contributed by atoms with van der Waals surface area (Å²) in [6.07, 6.45) is 3.59. The first kappa shape index (κ1) is 14.0. The van der Waals surface area contributed by atoms with Gasteiger partial charge in [0.15, 0.2) is 0 Å². The van der Waals surface area contributed by atoms with Crippen LogP contribution in [0, 0.1) is 5.41 Å². The van der Waals surface area contributed by atoms with Gasteiger partial charge in [0, 0.05) is 28.3 Å². The summed E-state index contributed by atoms with van der Waals surface area (Å²) in [6, 6.07) is 2.09. The van der Waals surface area contributed by atoms with Gasteiger partial charge >= 0.3 is 0 Å². The molecule has 5 heteroatoms. The number of hydrogen-bond acceptors (Lipinski definition) is 3. The van der Waals surface area contributed by atoms with E-state index < -0.39 is 5.41 Å². The number of thiophene rings is 1. The molecule has 1 aliphatic rings. The third-order valence-corrected chi connectivity index (χ3v) is 5.49. The Labute approximate surface area is 120 Å². The topological polar surface area (TPSA) is 40.5 Å². The van der Waals surface area contributed by atoms with E-state index in [4.69, 9.17) is 0 Å². The Morgan fingerprint density at radius 2 is 2.33 bits per heavy atom. The highest BCUT2D eigenvalue weighted by molar-refractivity contribution is 9.10. The van der Waals surface area contributed by atoms with Gasteiger partial charge in [0.25, 0.3) is 0 Å². The summed E-state index contributed by atoms with van der Waals surface area (Å²) in [5.74, 6) is 0.104. The molecule has 1 N–H and O–H groups in total. The van der Waals surface area contributed by atoms with E-state index in [1.54, 1.807) is 16.2 Å². The van der Waals surface area contributed by atoms with Gasteiger partial charge in [-0.15, -0.1) is 11.3 Å². The molecule has 1 heterocycles. The first-order valence-electron chi connectivity index (χ1n) is 6.17. The number of halogens is 1. The summed E-state index contributed by atoms with van der Waals surface area (Å²) < 4.78 is 1.10. The molecule has 3 nitrogen and oxygen atoms in total. The minimum absolute atomic E-state index is 0.0132. The fraction of sp³-hybridized carbons (Fsp3) is 0.615. The van der Waals surface area contributed by atoms with Crippen molar-refractivity contribution < 1.29 is 9.90 Å². The standard InChI is InChI=1S/C13H18BrNO2S/c1-15(6-3-11-7-10(14)8-18-11)12(17)13(9-16)4-2-5-13/h7-8,16H,2-6,9H2,1H3. The summed E-state index contributed by atoms with van der Waals surface area (Å²) in [5.41, 5.74) is -0.467. The summed E-state index contributed by atoms with van der Waals surface area (Å²) in [6.45, 7) is 0.703. The lowest BCUT2D eigenvalue weighted by molar-refractivity contribution is -0.149. The zero-order valence-corrected chi connectivity index (χ0v) is 12.9. The van der Waals surface area contributed by atoms with Gasteiger partial charge in [-0.25, -0.2) is 0 Å². The van der Waals surface area contributed by atoms with E-state index in [1.807, 2.05) is 7.05 Å². The van der Waals surface area contributed by atoms with Crippen LogP contribution in [0.25, 0.3) is 0 Å². The second-order valence-corrected chi connectivity index (χ2v) is 6.91. The van der Waals surface area contributed by atoms with Crippen LogP contribution in [0.3, 0.4) is 0 Å². The van der Waals surface area contributed by atoms with Crippen molar-refractivity contribution in [3.05, 3.63) is 20.8 Å². The maximum atomic E-state index is 12.3. The summed E-state index contributed by atoms with van der Waals surface area (Å²) in [7, 11) is 1.83. The van der Waals surface area contributed by atoms with Crippen LogP contribution in [0.5, 0.6) is 0 Å². The maximum absolute atomic E-state index is 12.3. The highest BCUT2D eigenvalue weighted by Gasteiger charge is 2.44. The van der Waals surface area contributed by atoms with E-state index in [0.717, 1.165) is 30.2 Å². The van der Waals surface area contributed by atoms with Gasteiger partial charge in [0.05, 0.1) is 12.0 Å². The normalized spacial score (nSPS) is 17.3. The molecule has 0 unspecified atom stereocenters. The Balaban J connectivity index is 1.87. The highest BCUT2D eigenvalue weighted by atomic mass is 79.9. The van der Waals surface area contributed by atoms with Gasteiger partial charge in [-0.3, -0.25) is 4.79 Å². The van der Waals surface area contributed by atoms with Crippen LogP contribution in [0.15, 0.2) is 15.9 Å². The molecule has 1 aromatic rings. The zero-order chi connectivity index (χ0) is 13.2. The smallest absolute Gasteiger partial charge is 0.230 e. The minimum atomic E-state index is -0.467. The predicted octanol–water partition coefficient (Wildman–Crippen LogP) is 2.67. The number of aliphatic hydroxyl groups is 1. The summed E-state index contributed by atoms with van der Waals surface area (Å²) in [5, 5.41) is 11.4. The van der Waals surface area contributed by atoms with Crippen LogP contribution in [0.2, 0.25) is 0 Å². The van der Waals surface area contributed by atoms with Crippen molar-refractivity contribution in [2.75, 3.05) is 20.2 Å². The monoisotopic (exact) mass is 331 g/mol. The molecule has 0 aromatic carbocycles. The predicted molar refractivity (Wildman–Crippen MR) is 76.7 cm³/mol. The van der Waals surface area contributed by atoms with Gasteiger partial charge < -0.3 is 10.0 Å². The average molecular weight is 332 g/mol. The molecule has 1 amide bonds. The molecule has 1 aromatic heterocycles. The van der Waals surface area contributed by atoms with E-state index >= 15 is 0 Å². The lowest BCUT2D eigenvalue weighted by Gasteiger charge is -2.41.